The van der Waals surface area contributed by atoms with Gasteiger partial charge in [0.25, 0.3) is 0 Å². The number of hydrogen-bond acceptors (Lipinski definition) is 6. The minimum absolute atomic E-state index is 0.254. The number of carbonyl (C=O) groups is 2. The Labute approximate surface area is 122 Å². The van der Waals surface area contributed by atoms with Crippen molar-refractivity contribution in [3.63, 3.8) is 0 Å². The summed E-state index contributed by atoms with van der Waals surface area (Å²) in [6.45, 7) is 5.19. The van der Waals surface area contributed by atoms with Crippen LogP contribution in [0.2, 0.25) is 0 Å². The molecule has 0 unspecified atom stereocenters. The monoisotopic (exact) mass is 290 g/mol. The number of urea groups is 1. The molecule has 112 valence electrons. The van der Waals surface area contributed by atoms with Crippen molar-refractivity contribution in [1.29, 1.82) is 0 Å². The fourth-order valence-corrected chi connectivity index (χ4v) is 2.57. The maximum absolute atomic E-state index is 11.8. The predicted molar refractivity (Wildman–Crippen MR) is 77.2 cm³/mol. The first kappa shape index (κ1) is 13.7. The molecule has 2 fully saturated rings. The lowest BCUT2D eigenvalue weighted by molar-refractivity contribution is -0.120. The van der Waals surface area contributed by atoms with Crippen LogP contribution in [0.15, 0.2) is 12.4 Å². The van der Waals surface area contributed by atoms with E-state index >= 15 is 0 Å². The van der Waals surface area contributed by atoms with Crippen LogP contribution in [0.1, 0.15) is 13.3 Å². The fraction of sp³-hybridized carbons (Fsp3) is 0.538. The normalized spacial score (nSPS) is 23.2. The number of anilines is 2. The number of imide groups is 1. The van der Waals surface area contributed by atoms with Crippen LogP contribution in [0, 0.1) is 0 Å². The van der Waals surface area contributed by atoms with E-state index in [0.717, 1.165) is 25.5 Å². The van der Waals surface area contributed by atoms with Crippen LogP contribution in [0.3, 0.4) is 0 Å². The van der Waals surface area contributed by atoms with E-state index in [9.17, 15) is 9.59 Å². The Hall–Kier alpha value is -2.22. The van der Waals surface area contributed by atoms with Crippen molar-refractivity contribution in [2.75, 3.05) is 36.0 Å². The lowest BCUT2D eigenvalue weighted by atomic mass is 10.2. The van der Waals surface area contributed by atoms with Gasteiger partial charge in [-0.1, -0.05) is 0 Å². The molecule has 0 aromatic carbocycles. The van der Waals surface area contributed by atoms with Gasteiger partial charge in [-0.05, 0) is 6.92 Å². The summed E-state index contributed by atoms with van der Waals surface area (Å²) in [7, 11) is 0. The molecule has 2 aliphatic rings. The van der Waals surface area contributed by atoms with Gasteiger partial charge in [0, 0.05) is 38.6 Å². The molecule has 3 rings (SSSR count). The molecule has 3 heterocycles. The van der Waals surface area contributed by atoms with Crippen molar-refractivity contribution in [2.45, 2.75) is 19.4 Å². The molecule has 2 N–H and O–H groups in total. The van der Waals surface area contributed by atoms with Crippen molar-refractivity contribution in [3.8, 4) is 0 Å². The number of aromatic nitrogens is 2. The van der Waals surface area contributed by atoms with Crippen LogP contribution in [0.25, 0.3) is 0 Å². The van der Waals surface area contributed by atoms with Gasteiger partial charge in [0.1, 0.15) is 5.82 Å². The van der Waals surface area contributed by atoms with Gasteiger partial charge < -0.3 is 10.2 Å². The molecule has 0 bridgehead atoms. The Kier molecular flexibility index (Phi) is 3.70. The number of carbonyl (C=O) groups excluding carboxylic acids is 2. The predicted octanol–water partition coefficient (Wildman–Crippen LogP) is -0.279. The highest BCUT2D eigenvalue weighted by Gasteiger charge is 2.26. The topological polar surface area (TPSA) is 90.5 Å². The molecule has 2 saturated heterocycles. The van der Waals surface area contributed by atoms with Gasteiger partial charge in [0.05, 0.1) is 12.4 Å². The van der Waals surface area contributed by atoms with Crippen LogP contribution in [-0.2, 0) is 4.79 Å². The lowest BCUT2D eigenvalue weighted by Crippen LogP contribution is -2.51. The Morgan fingerprint density at radius 2 is 1.95 bits per heavy atom. The second-order valence-electron chi connectivity index (χ2n) is 5.23. The molecule has 8 nitrogen and oxygen atoms in total. The number of rotatable bonds is 2. The van der Waals surface area contributed by atoms with Crippen LogP contribution < -0.4 is 20.4 Å². The zero-order chi connectivity index (χ0) is 14.8. The van der Waals surface area contributed by atoms with Crippen molar-refractivity contribution in [2.24, 2.45) is 0 Å². The summed E-state index contributed by atoms with van der Waals surface area (Å²) in [5, 5.41) is 5.60. The highest BCUT2D eigenvalue weighted by molar-refractivity contribution is 6.05. The maximum atomic E-state index is 11.8. The highest BCUT2D eigenvalue weighted by Crippen LogP contribution is 2.18. The summed E-state index contributed by atoms with van der Waals surface area (Å²) >= 11 is 0. The molecule has 0 radical (unpaired) electrons. The third-order valence-corrected chi connectivity index (χ3v) is 3.75. The van der Waals surface area contributed by atoms with E-state index in [1.807, 2.05) is 0 Å². The van der Waals surface area contributed by atoms with E-state index in [0.29, 0.717) is 18.4 Å². The molecular formula is C13H18N6O2. The maximum Gasteiger partial charge on any atom is 0.329 e. The minimum atomic E-state index is -0.441. The molecule has 0 saturated carbocycles. The SMILES string of the molecule is C[C@@H]1CNCCN1c1cnc(N2CCC(=O)NC2=O)cn1. The quantitative estimate of drug-likeness (QED) is 0.778. The minimum Gasteiger partial charge on any atom is -0.350 e. The van der Waals surface area contributed by atoms with Crippen LogP contribution >= 0.6 is 0 Å². The number of piperazine rings is 1. The largest absolute Gasteiger partial charge is 0.350 e. The first-order chi connectivity index (χ1) is 10.1. The summed E-state index contributed by atoms with van der Waals surface area (Å²) in [6.07, 6.45) is 3.55. The summed E-state index contributed by atoms with van der Waals surface area (Å²) in [5.41, 5.74) is 0. The Morgan fingerprint density at radius 3 is 2.62 bits per heavy atom. The zero-order valence-corrected chi connectivity index (χ0v) is 11.9. The van der Waals surface area contributed by atoms with Crippen molar-refractivity contribution in [1.82, 2.24) is 20.6 Å². The van der Waals surface area contributed by atoms with Gasteiger partial charge in [-0.2, -0.15) is 0 Å². The average molecular weight is 290 g/mol. The van der Waals surface area contributed by atoms with Crippen LogP contribution in [0.5, 0.6) is 0 Å². The molecule has 1 aromatic heterocycles. The van der Waals surface area contributed by atoms with Crippen molar-refractivity contribution in [3.05, 3.63) is 12.4 Å². The summed E-state index contributed by atoms with van der Waals surface area (Å²) in [5.74, 6) is 1.02. The van der Waals surface area contributed by atoms with E-state index in [2.05, 4.69) is 32.4 Å². The van der Waals surface area contributed by atoms with Gasteiger partial charge in [0.15, 0.2) is 5.82 Å². The first-order valence-electron chi connectivity index (χ1n) is 7.06. The molecule has 0 aliphatic carbocycles. The molecular weight excluding hydrogens is 272 g/mol. The summed E-state index contributed by atoms with van der Waals surface area (Å²) in [4.78, 5) is 35.2. The number of nitrogens with zero attached hydrogens (tertiary/aromatic N) is 4. The third-order valence-electron chi connectivity index (χ3n) is 3.75. The Balaban J connectivity index is 1.74. The zero-order valence-electron chi connectivity index (χ0n) is 11.9. The van der Waals surface area contributed by atoms with E-state index in [4.69, 9.17) is 0 Å². The van der Waals surface area contributed by atoms with Crippen molar-refractivity contribution < 1.29 is 9.59 Å². The molecule has 21 heavy (non-hydrogen) atoms. The van der Waals surface area contributed by atoms with E-state index in [1.54, 1.807) is 12.4 Å². The van der Waals surface area contributed by atoms with Crippen LogP contribution in [0.4, 0.5) is 16.4 Å². The molecule has 3 amide bonds. The summed E-state index contributed by atoms with van der Waals surface area (Å²) < 4.78 is 0. The molecule has 2 aliphatic heterocycles. The Bertz CT molecular complexity index is 546. The number of nitrogens with one attached hydrogen (secondary N) is 2. The van der Waals surface area contributed by atoms with Gasteiger partial charge in [-0.3, -0.25) is 15.0 Å². The standard InChI is InChI=1S/C13H18N6O2/c1-9-6-14-3-5-18(9)10-7-16-11(8-15-10)19-4-2-12(20)17-13(19)21/h7-9,14H,2-6H2,1H3,(H,17,20,21)/t9-/m1/s1. The van der Waals surface area contributed by atoms with E-state index < -0.39 is 6.03 Å². The van der Waals surface area contributed by atoms with E-state index in [1.165, 1.54) is 4.90 Å². The lowest BCUT2D eigenvalue weighted by Gasteiger charge is -2.34. The van der Waals surface area contributed by atoms with Gasteiger partial charge >= 0.3 is 6.03 Å². The molecule has 8 heteroatoms. The number of hydrogen-bond donors (Lipinski definition) is 2. The number of amides is 3. The molecule has 1 atom stereocenters. The first-order valence-corrected chi connectivity index (χ1v) is 7.06. The second-order valence-corrected chi connectivity index (χ2v) is 5.23. The van der Waals surface area contributed by atoms with Gasteiger partial charge in [-0.15, -0.1) is 0 Å². The fourth-order valence-electron chi connectivity index (χ4n) is 2.57. The van der Waals surface area contributed by atoms with Gasteiger partial charge in [0.2, 0.25) is 5.91 Å². The van der Waals surface area contributed by atoms with E-state index in [-0.39, 0.29) is 12.3 Å². The van der Waals surface area contributed by atoms with Crippen molar-refractivity contribution >= 4 is 23.6 Å². The molecule has 1 aromatic rings. The third kappa shape index (κ3) is 2.80. The smallest absolute Gasteiger partial charge is 0.329 e. The van der Waals surface area contributed by atoms with Crippen LogP contribution in [-0.4, -0.2) is 54.1 Å². The van der Waals surface area contributed by atoms with Gasteiger partial charge in [-0.25, -0.2) is 14.8 Å². The highest BCUT2D eigenvalue weighted by atomic mass is 16.2. The summed E-state index contributed by atoms with van der Waals surface area (Å²) in [6, 6.07) is -0.0846. The second kappa shape index (κ2) is 5.65. The average Bonchev–Trinajstić information content (AvgIpc) is 2.48. The molecule has 0 spiro atoms. The Morgan fingerprint density at radius 1 is 1.19 bits per heavy atom.